The van der Waals surface area contributed by atoms with E-state index in [0.29, 0.717) is 11.8 Å². The van der Waals surface area contributed by atoms with Gasteiger partial charge in [0, 0.05) is 0 Å². The molecule has 0 spiro atoms. The molecule has 20 heavy (non-hydrogen) atoms. The molecule has 0 heterocycles. The minimum Gasteiger partial charge on any atom is -0.389 e. The second kappa shape index (κ2) is 8.41. The van der Waals surface area contributed by atoms with Gasteiger partial charge in [-0.2, -0.15) is 0 Å². The standard InChI is InChI=1S/C19H36O/c1-2-3-4-11-16-19(20,17-12-7-5-8-13-17)18-14-9-6-10-15-18/h17-18,20H,2-16H2,1H3. The average molecular weight is 280 g/mol. The van der Waals surface area contributed by atoms with E-state index >= 15 is 0 Å². The second-order valence-electron chi connectivity index (χ2n) is 7.47. The summed E-state index contributed by atoms with van der Waals surface area (Å²) in [5.74, 6) is 1.22. The summed E-state index contributed by atoms with van der Waals surface area (Å²) in [6.07, 6.45) is 19.7. The monoisotopic (exact) mass is 280 g/mol. The highest BCUT2D eigenvalue weighted by atomic mass is 16.3. The quantitative estimate of drug-likeness (QED) is 0.580. The normalized spacial score (nSPS) is 23.1. The zero-order valence-electron chi connectivity index (χ0n) is 13.7. The fraction of sp³-hybridized carbons (Fsp3) is 1.00. The van der Waals surface area contributed by atoms with Crippen LogP contribution in [-0.4, -0.2) is 10.7 Å². The van der Waals surface area contributed by atoms with Gasteiger partial charge in [-0.1, -0.05) is 71.1 Å². The molecule has 2 saturated carbocycles. The van der Waals surface area contributed by atoms with Crippen LogP contribution in [0.2, 0.25) is 0 Å². The van der Waals surface area contributed by atoms with E-state index in [9.17, 15) is 5.11 Å². The Morgan fingerprint density at radius 3 is 1.70 bits per heavy atom. The third kappa shape index (κ3) is 4.23. The minimum absolute atomic E-state index is 0.311. The van der Waals surface area contributed by atoms with E-state index in [1.807, 2.05) is 0 Å². The van der Waals surface area contributed by atoms with E-state index < -0.39 is 0 Å². The van der Waals surface area contributed by atoms with Gasteiger partial charge in [0.25, 0.3) is 0 Å². The molecule has 0 aliphatic heterocycles. The Balaban J connectivity index is 1.96. The van der Waals surface area contributed by atoms with Crippen LogP contribution in [0.4, 0.5) is 0 Å². The van der Waals surface area contributed by atoms with Gasteiger partial charge in [0.15, 0.2) is 0 Å². The first kappa shape index (κ1) is 16.3. The van der Waals surface area contributed by atoms with Crippen molar-refractivity contribution < 1.29 is 5.11 Å². The van der Waals surface area contributed by atoms with E-state index in [4.69, 9.17) is 0 Å². The van der Waals surface area contributed by atoms with Gasteiger partial charge < -0.3 is 5.11 Å². The fourth-order valence-electron chi connectivity index (χ4n) is 4.78. The molecule has 2 aliphatic carbocycles. The smallest absolute Gasteiger partial charge is 0.0703 e. The first-order chi connectivity index (χ1) is 9.77. The van der Waals surface area contributed by atoms with Gasteiger partial charge in [-0.05, 0) is 43.9 Å². The lowest BCUT2D eigenvalue weighted by molar-refractivity contribution is -0.0990. The third-order valence-corrected chi connectivity index (χ3v) is 6.06. The van der Waals surface area contributed by atoms with Gasteiger partial charge >= 0.3 is 0 Å². The Morgan fingerprint density at radius 2 is 1.25 bits per heavy atom. The molecule has 1 N–H and O–H groups in total. The molecule has 2 aliphatic rings. The Bertz CT molecular complexity index is 230. The molecule has 0 bridgehead atoms. The molecule has 1 nitrogen and oxygen atoms in total. The van der Waals surface area contributed by atoms with Crippen LogP contribution in [0.5, 0.6) is 0 Å². The molecule has 0 atom stereocenters. The summed E-state index contributed by atoms with van der Waals surface area (Å²) in [6.45, 7) is 2.27. The van der Waals surface area contributed by atoms with Crippen molar-refractivity contribution in [2.75, 3.05) is 0 Å². The van der Waals surface area contributed by atoms with Gasteiger partial charge in [-0.15, -0.1) is 0 Å². The Morgan fingerprint density at radius 1 is 0.750 bits per heavy atom. The summed E-state index contributed by atoms with van der Waals surface area (Å²) in [4.78, 5) is 0. The number of hydrogen-bond donors (Lipinski definition) is 1. The molecule has 0 saturated heterocycles. The zero-order chi connectivity index (χ0) is 14.3. The Labute approximate surface area is 126 Å². The number of rotatable bonds is 7. The van der Waals surface area contributed by atoms with Crippen LogP contribution in [0, 0.1) is 11.8 Å². The highest BCUT2D eigenvalue weighted by molar-refractivity contribution is 4.94. The SMILES string of the molecule is CCCCCCC(O)(C1CCCCC1)C1CCCCC1. The van der Waals surface area contributed by atoms with Crippen molar-refractivity contribution in [2.24, 2.45) is 11.8 Å². The van der Waals surface area contributed by atoms with Crippen molar-refractivity contribution in [1.29, 1.82) is 0 Å². The molecular weight excluding hydrogens is 244 g/mol. The first-order valence-electron chi connectivity index (χ1n) is 9.49. The van der Waals surface area contributed by atoms with E-state index in [2.05, 4.69) is 6.92 Å². The van der Waals surface area contributed by atoms with Crippen molar-refractivity contribution in [3.63, 3.8) is 0 Å². The maximum atomic E-state index is 11.6. The van der Waals surface area contributed by atoms with E-state index in [-0.39, 0.29) is 5.60 Å². The summed E-state index contributed by atoms with van der Waals surface area (Å²) < 4.78 is 0. The summed E-state index contributed by atoms with van der Waals surface area (Å²) >= 11 is 0. The van der Waals surface area contributed by atoms with Gasteiger partial charge in [0.05, 0.1) is 5.60 Å². The lowest BCUT2D eigenvalue weighted by Crippen LogP contribution is -2.46. The van der Waals surface area contributed by atoms with Crippen LogP contribution >= 0.6 is 0 Å². The molecule has 118 valence electrons. The van der Waals surface area contributed by atoms with Gasteiger partial charge in [-0.25, -0.2) is 0 Å². The van der Waals surface area contributed by atoms with Crippen LogP contribution < -0.4 is 0 Å². The van der Waals surface area contributed by atoms with E-state index in [1.165, 1.54) is 89.9 Å². The molecule has 0 aromatic rings. The van der Waals surface area contributed by atoms with Crippen LogP contribution in [0.3, 0.4) is 0 Å². The second-order valence-corrected chi connectivity index (χ2v) is 7.47. The summed E-state index contributed by atoms with van der Waals surface area (Å²) in [5.41, 5.74) is -0.311. The predicted molar refractivity (Wildman–Crippen MR) is 86.9 cm³/mol. The van der Waals surface area contributed by atoms with Crippen molar-refractivity contribution in [3.8, 4) is 0 Å². The maximum Gasteiger partial charge on any atom is 0.0703 e. The summed E-state index contributed by atoms with van der Waals surface area (Å²) in [7, 11) is 0. The van der Waals surface area contributed by atoms with Crippen molar-refractivity contribution in [2.45, 2.75) is 109 Å². The van der Waals surface area contributed by atoms with Crippen LogP contribution in [0.15, 0.2) is 0 Å². The Hall–Kier alpha value is -0.0400. The first-order valence-corrected chi connectivity index (χ1v) is 9.49. The lowest BCUT2D eigenvalue weighted by atomic mass is 9.64. The van der Waals surface area contributed by atoms with Gasteiger partial charge in [0.1, 0.15) is 0 Å². The molecule has 0 unspecified atom stereocenters. The van der Waals surface area contributed by atoms with Gasteiger partial charge in [0.2, 0.25) is 0 Å². The molecule has 0 amide bonds. The maximum absolute atomic E-state index is 11.6. The highest BCUT2D eigenvalue weighted by Gasteiger charge is 2.43. The number of hydrogen-bond acceptors (Lipinski definition) is 1. The molecule has 0 radical (unpaired) electrons. The molecular formula is C19H36O. The molecule has 2 rings (SSSR count). The number of unbranched alkanes of at least 4 members (excludes halogenated alkanes) is 3. The van der Waals surface area contributed by atoms with Crippen molar-refractivity contribution in [3.05, 3.63) is 0 Å². The molecule has 1 heteroatoms. The third-order valence-electron chi connectivity index (χ3n) is 6.06. The van der Waals surface area contributed by atoms with Crippen LogP contribution in [-0.2, 0) is 0 Å². The van der Waals surface area contributed by atoms with Crippen molar-refractivity contribution >= 4 is 0 Å². The Kier molecular flexibility index (Phi) is 6.87. The minimum atomic E-state index is -0.311. The topological polar surface area (TPSA) is 20.2 Å². The highest BCUT2D eigenvalue weighted by Crippen LogP contribution is 2.45. The largest absolute Gasteiger partial charge is 0.389 e. The predicted octanol–water partition coefficient (Wildman–Crippen LogP) is 5.85. The summed E-state index contributed by atoms with van der Waals surface area (Å²) in [6, 6.07) is 0. The number of aliphatic hydroxyl groups is 1. The van der Waals surface area contributed by atoms with Gasteiger partial charge in [-0.3, -0.25) is 0 Å². The van der Waals surface area contributed by atoms with Crippen LogP contribution in [0.25, 0.3) is 0 Å². The van der Waals surface area contributed by atoms with E-state index in [0.717, 1.165) is 6.42 Å². The lowest BCUT2D eigenvalue weighted by Gasteiger charge is -2.46. The van der Waals surface area contributed by atoms with E-state index in [1.54, 1.807) is 0 Å². The van der Waals surface area contributed by atoms with Crippen LogP contribution in [0.1, 0.15) is 103 Å². The zero-order valence-corrected chi connectivity index (χ0v) is 13.7. The molecule has 2 fully saturated rings. The van der Waals surface area contributed by atoms with Crippen molar-refractivity contribution in [1.82, 2.24) is 0 Å². The molecule has 0 aromatic heterocycles. The summed E-state index contributed by atoms with van der Waals surface area (Å²) in [5, 5.41) is 11.6. The average Bonchev–Trinajstić information content (AvgIpc) is 2.53. The molecule has 0 aromatic carbocycles. The fourth-order valence-corrected chi connectivity index (χ4v) is 4.78.